The quantitative estimate of drug-likeness (QED) is 0.701. The van der Waals surface area contributed by atoms with Gasteiger partial charge in [-0.25, -0.2) is 0 Å². The molecular formula is C28H37N3O4. The molecule has 0 radical (unpaired) electrons. The predicted molar refractivity (Wildman–Crippen MR) is 137 cm³/mol. The molecule has 1 N–H and O–H groups in total. The van der Waals surface area contributed by atoms with E-state index in [0.717, 1.165) is 25.9 Å². The number of carbonyl (C=O) groups is 2. The minimum atomic E-state index is -0.147. The lowest BCUT2D eigenvalue weighted by Gasteiger charge is -2.36. The van der Waals surface area contributed by atoms with E-state index in [9.17, 15) is 9.59 Å². The average molecular weight is 480 g/mol. The smallest absolute Gasteiger partial charge is 0.257 e. The Balaban J connectivity index is 1.61. The van der Waals surface area contributed by atoms with Crippen LogP contribution in [0.25, 0.3) is 0 Å². The summed E-state index contributed by atoms with van der Waals surface area (Å²) in [6, 6.07) is 15.9. The van der Waals surface area contributed by atoms with Crippen LogP contribution in [0, 0.1) is 11.8 Å². The van der Waals surface area contributed by atoms with Crippen molar-refractivity contribution < 1.29 is 19.1 Å². The molecule has 2 amide bonds. The standard InChI is InChI=1S/C28H37N3O4/c1-19-15-31(16-21-8-6-5-7-9-21)20(2)18-35-25-13-12-23(29-27(32)22-10-11-22)14-24(25)28(33)30(3)17-26(19)34-4/h5-9,12-14,19-20,22,26H,10-11,15-18H2,1-4H3,(H,29,32)/t19-,20-,26+/m1/s1. The third-order valence-electron chi connectivity index (χ3n) is 7.02. The fraction of sp³-hybridized carbons (Fsp3) is 0.500. The molecule has 0 spiro atoms. The summed E-state index contributed by atoms with van der Waals surface area (Å²) in [5, 5.41) is 2.95. The van der Waals surface area contributed by atoms with Crippen molar-refractivity contribution in [1.29, 1.82) is 0 Å². The van der Waals surface area contributed by atoms with Gasteiger partial charge in [-0.2, -0.15) is 0 Å². The third-order valence-corrected chi connectivity index (χ3v) is 7.02. The maximum absolute atomic E-state index is 13.5. The monoisotopic (exact) mass is 479 g/mol. The molecule has 0 unspecified atom stereocenters. The van der Waals surface area contributed by atoms with Gasteiger partial charge in [0, 0.05) is 51.4 Å². The van der Waals surface area contributed by atoms with Crippen LogP contribution in [0.5, 0.6) is 5.75 Å². The number of nitrogens with zero attached hydrogens (tertiary/aromatic N) is 2. The molecule has 7 heteroatoms. The lowest BCUT2D eigenvalue weighted by atomic mass is 10.0. The number of amides is 2. The molecule has 2 aromatic carbocycles. The Hall–Kier alpha value is -2.90. The van der Waals surface area contributed by atoms with Gasteiger partial charge in [-0.05, 0) is 49.4 Å². The molecule has 3 atom stereocenters. The number of fused-ring (bicyclic) bond motifs is 1. The van der Waals surface area contributed by atoms with Crippen LogP contribution in [0.4, 0.5) is 5.69 Å². The number of anilines is 1. The van der Waals surface area contributed by atoms with Crippen LogP contribution in [0.3, 0.4) is 0 Å². The fourth-order valence-corrected chi connectivity index (χ4v) is 4.56. The van der Waals surface area contributed by atoms with E-state index in [1.54, 1.807) is 31.2 Å². The molecule has 35 heavy (non-hydrogen) atoms. The van der Waals surface area contributed by atoms with Gasteiger partial charge in [-0.3, -0.25) is 14.5 Å². The van der Waals surface area contributed by atoms with Gasteiger partial charge in [0.2, 0.25) is 5.91 Å². The Labute approximate surface area is 208 Å². The van der Waals surface area contributed by atoms with E-state index < -0.39 is 0 Å². The Morgan fingerprint density at radius 3 is 2.54 bits per heavy atom. The zero-order chi connectivity index (χ0) is 24.9. The first kappa shape index (κ1) is 25.2. The summed E-state index contributed by atoms with van der Waals surface area (Å²) in [6.45, 7) is 6.85. The van der Waals surface area contributed by atoms with Crippen LogP contribution >= 0.6 is 0 Å². The number of methoxy groups -OCH3 is 1. The number of ether oxygens (including phenoxy) is 2. The molecular weight excluding hydrogens is 442 g/mol. The predicted octanol–water partition coefficient (Wildman–Crippen LogP) is 4.04. The minimum Gasteiger partial charge on any atom is -0.491 e. The van der Waals surface area contributed by atoms with Gasteiger partial charge in [0.15, 0.2) is 0 Å². The highest BCUT2D eigenvalue weighted by atomic mass is 16.5. The molecule has 1 saturated carbocycles. The van der Waals surface area contributed by atoms with Crippen LogP contribution in [0.1, 0.15) is 42.6 Å². The van der Waals surface area contributed by atoms with Gasteiger partial charge in [0.05, 0.1) is 11.7 Å². The van der Waals surface area contributed by atoms with Crippen molar-refractivity contribution in [2.24, 2.45) is 11.8 Å². The van der Waals surface area contributed by atoms with Crippen molar-refractivity contribution in [3.63, 3.8) is 0 Å². The maximum Gasteiger partial charge on any atom is 0.257 e. The number of hydrogen-bond acceptors (Lipinski definition) is 5. The molecule has 2 aliphatic rings. The molecule has 188 valence electrons. The summed E-state index contributed by atoms with van der Waals surface area (Å²) in [6.07, 6.45) is 1.74. The van der Waals surface area contributed by atoms with Crippen LogP contribution in [0.15, 0.2) is 48.5 Å². The van der Waals surface area contributed by atoms with E-state index in [-0.39, 0.29) is 35.8 Å². The summed E-state index contributed by atoms with van der Waals surface area (Å²) in [5.74, 6) is 0.681. The number of benzene rings is 2. The lowest BCUT2D eigenvalue weighted by molar-refractivity contribution is -0.117. The van der Waals surface area contributed by atoms with E-state index in [4.69, 9.17) is 9.47 Å². The largest absolute Gasteiger partial charge is 0.491 e. The van der Waals surface area contributed by atoms with Gasteiger partial charge < -0.3 is 19.7 Å². The minimum absolute atomic E-state index is 0.0123. The number of hydrogen-bond donors (Lipinski definition) is 1. The van der Waals surface area contributed by atoms with E-state index in [1.807, 2.05) is 12.1 Å². The van der Waals surface area contributed by atoms with E-state index in [1.165, 1.54) is 5.56 Å². The molecule has 7 nitrogen and oxygen atoms in total. The number of nitrogens with one attached hydrogen (secondary N) is 1. The molecule has 0 saturated heterocycles. The average Bonchev–Trinajstić information content (AvgIpc) is 3.71. The van der Waals surface area contributed by atoms with E-state index in [0.29, 0.717) is 30.2 Å². The van der Waals surface area contributed by atoms with Crippen molar-refractivity contribution in [3.05, 3.63) is 59.7 Å². The van der Waals surface area contributed by atoms with Crippen molar-refractivity contribution in [1.82, 2.24) is 9.80 Å². The summed E-state index contributed by atoms with van der Waals surface area (Å²) < 4.78 is 12.1. The molecule has 2 aromatic rings. The molecule has 1 aliphatic heterocycles. The Morgan fingerprint density at radius 1 is 1.11 bits per heavy atom. The molecule has 0 bridgehead atoms. The Kier molecular flexibility index (Phi) is 8.08. The zero-order valence-electron chi connectivity index (χ0n) is 21.2. The van der Waals surface area contributed by atoms with Gasteiger partial charge in [0.25, 0.3) is 5.91 Å². The zero-order valence-corrected chi connectivity index (χ0v) is 21.2. The summed E-state index contributed by atoms with van der Waals surface area (Å²) in [7, 11) is 3.50. The normalized spacial score (nSPS) is 24.1. The molecule has 0 aromatic heterocycles. The van der Waals surface area contributed by atoms with Crippen molar-refractivity contribution in [2.45, 2.75) is 45.4 Å². The van der Waals surface area contributed by atoms with Gasteiger partial charge in [-0.1, -0.05) is 37.3 Å². The fourth-order valence-electron chi connectivity index (χ4n) is 4.56. The maximum atomic E-state index is 13.5. The number of rotatable bonds is 5. The second kappa shape index (κ2) is 11.2. The van der Waals surface area contributed by atoms with Crippen molar-refractivity contribution >= 4 is 17.5 Å². The van der Waals surface area contributed by atoms with Crippen molar-refractivity contribution in [3.8, 4) is 5.75 Å². The first-order chi connectivity index (χ1) is 16.9. The molecule has 4 rings (SSSR count). The number of likely N-dealkylation sites (N-methyl/N-ethyl adjacent to an activating group) is 1. The summed E-state index contributed by atoms with van der Waals surface area (Å²) in [4.78, 5) is 29.8. The first-order valence-electron chi connectivity index (χ1n) is 12.5. The highest BCUT2D eigenvalue weighted by molar-refractivity contribution is 6.00. The van der Waals surface area contributed by atoms with Crippen LogP contribution in [0.2, 0.25) is 0 Å². The van der Waals surface area contributed by atoms with E-state index >= 15 is 0 Å². The third kappa shape index (κ3) is 6.41. The van der Waals surface area contributed by atoms with Crippen LogP contribution < -0.4 is 10.1 Å². The Morgan fingerprint density at radius 2 is 1.86 bits per heavy atom. The second-order valence-electron chi connectivity index (χ2n) is 9.99. The SMILES string of the molecule is CO[C@H]1CN(C)C(=O)c2cc(NC(=O)C3CC3)ccc2OC[C@@H](C)N(Cc2ccccc2)C[C@H]1C. The Bertz CT molecular complexity index is 1020. The van der Waals surface area contributed by atoms with Gasteiger partial charge in [-0.15, -0.1) is 0 Å². The van der Waals surface area contributed by atoms with Crippen molar-refractivity contribution in [2.75, 3.05) is 39.2 Å². The molecule has 1 fully saturated rings. The topological polar surface area (TPSA) is 71.1 Å². The number of carbonyl (C=O) groups excluding carboxylic acids is 2. The molecule has 1 aliphatic carbocycles. The highest BCUT2D eigenvalue weighted by Crippen LogP contribution is 2.31. The van der Waals surface area contributed by atoms with Gasteiger partial charge >= 0.3 is 0 Å². The lowest BCUT2D eigenvalue weighted by Crippen LogP contribution is -2.46. The molecule has 1 heterocycles. The summed E-state index contributed by atoms with van der Waals surface area (Å²) >= 11 is 0. The second-order valence-corrected chi connectivity index (χ2v) is 9.99. The van der Waals surface area contributed by atoms with Crippen LogP contribution in [-0.4, -0.2) is 67.6 Å². The first-order valence-corrected chi connectivity index (χ1v) is 12.5. The van der Waals surface area contributed by atoms with Gasteiger partial charge in [0.1, 0.15) is 12.4 Å². The van der Waals surface area contributed by atoms with Crippen LogP contribution in [-0.2, 0) is 16.1 Å². The summed E-state index contributed by atoms with van der Waals surface area (Å²) in [5.41, 5.74) is 2.32. The highest BCUT2D eigenvalue weighted by Gasteiger charge is 2.31. The van der Waals surface area contributed by atoms with E-state index in [2.05, 4.69) is 48.3 Å².